The number of hydrogen-bond acceptors (Lipinski definition) is 1. The number of rotatable bonds is 5. The highest BCUT2D eigenvalue weighted by atomic mass is 35.5. The van der Waals surface area contributed by atoms with Crippen molar-refractivity contribution in [2.45, 2.75) is 25.4 Å². The van der Waals surface area contributed by atoms with Gasteiger partial charge in [0.15, 0.2) is 0 Å². The molecule has 0 aromatic heterocycles. The lowest BCUT2D eigenvalue weighted by Crippen LogP contribution is -1.98. The minimum absolute atomic E-state index is 0.397. The molecule has 0 radical (unpaired) electrons. The van der Waals surface area contributed by atoms with Crippen LogP contribution < -0.4 is 0 Å². The Kier molecular flexibility index (Phi) is 4.80. The molecule has 0 aliphatic carbocycles. The number of hydrogen-bond donors (Lipinski definition) is 1. The Balaban J connectivity index is 1.81. The first-order valence-electron chi connectivity index (χ1n) is 6.23. The van der Waals surface area contributed by atoms with E-state index in [2.05, 4.69) is 12.1 Å². The molecule has 18 heavy (non-hydrogen) atoms. The van der Waals surface area contributed by atoms with Crippen molar-refractivity contribution in [1.29, 1.82) is 0 Å². The van der Waals surface area contributed by atoms with Crippen LogP contribution in [0.25, 0.3) is 0 Å². The Labute approximate surface area is 113 Å². The Morgan fingerprint density at radius 1 is 0.944 bits per heavy atom. The standard InChI is InChI=1S/C16H17ClO/c17-15-11-9-14(10-12-15)16(18)8-4-7-13-5-2-1-3-6-13/h1-3,5-6,9-12,16,18H,4,7-8H2/t16-/m1/s1. The van der Waals surface area contributed by atoms with Gasteiger partial charge in [0.05, 0.1) is 6.10 Å². The number of aliphatic hydroxyl groups is 1. The third kappa shape index (κ3) is 3.86. The Hall–Kier alpha value is -1.31. The van der Waals surface area contributed by atoms with Crippen molar-refractivity contribution in [2.75, 3.05) is 0 Å². The number of benzene rings is 2. The summed E-state index contributed by atoms with van der Waals surface area (Å²) in [6, 6.07) is 17.8. The normalized spacial score (nSPS) is 12.3. The van der Waals surface area contributed by atoms with Crippen molar-refractivity contribution < 1.29 is 5.11 Å². The lowest BCUT2D eigenvalue weighted by Gasteiger charge is -2.10. The van der Waals surface area contributed by atoms with Gasteiger partial charge in [-0.15, -0.1) is 0 Å². The summed E-state index contributed by atoms with van der Waals surface area (Å²) >= 11 is 5.82. The van der Waals surface area contributed by atoms with Gasteiger partial charge in [0.2, 0.25) is 0 Å². The molecule has 0 bridgehead atoms. The van der Waals surface area contributed by atoms with Crippen LogP contribution >= 0.6 is 11.6 Å². The molecule has 1 atom stereocenters. The van der Waals surface area contributed by atoms with Gasteiger partial charge in [-0.1, -0.05) is 54.1 Å². The highest BCUT2D eigenvalue weighted by Crippen LogP contribution is 2.21. The molecule has 2 aromatic carbocycles. The van der Waals surface area contributed by atoms with Gasteiger partial charge in [0.25, 0.3) is 0 Å². The Morgan fingerprint density at radius 2 is 1.61 bits per heavy atom. The van der Waals surface area contributed by atoms with Gasteiger partial charge in [-0.25, -0.2) is 0 Å². The van der Waals surface area contributed by atoms with Crippen LogP contribution in [0.2, 0.25) is 5.02 Å². The smallest absolute Gasteiger partial charge is 0.0790 e. The van der Waals surface area contributed by atoms with Crippen LogP contribution in [0.3, 0.4) is 0 Å². The van der Waals surface area contributed by atoms with Crippen molar-refractivity contribution >= 4 is 11.6 Å². The van der Waals surface area contributed by atoms with Crippen LogP contribution in [0.15, 0.2) is 54.6 Å². The average Bonchev–Trinajstić information content (AvgIpc) is 2.40. The third-order valence-electron chi connectivity index (χ3n) is 3.04. The van der Waals surface area contributed by atoms with Crippen LogP contribution in [0.1, 0.15) is 30.1 Å². The van der Waals surface area contributed by atoms with Crippen molar-refractivity contribution in [3.63, 3.8) is 0 Å². The molecule has 2 aromatic rings. The minimum Gasteiger partial charge on any atom is -0.388 e. The van der Waals surface area contributed by atoms with Gasteiger partial charge in [-0.2, -0.15) is 0 Å². The number of aliphatic hydroxyl groups excluding tert-OH is 1. The molecular formula is C16H17ClO. The van der Waals surface area contributed by atoms with E-state index in [1.807, 2.05) is 42.5 Å². The van der Waals surface area contributed by atoms with Gasteiger partial charge in [-0.05, 0) is 42.5 Å². The van der Waals surface area contributed by atoms with Gasteiger partial charge in [-0.3, -0.25) is 0 Å². The molecule has 0 fully saturated rings. The molecule has 0 heterocycles. The van der Waals surface area contributed by atoms with E-state index in [1.165, 1.54) is 5.56 Å². The predicted octanol–water partition coefficient (Wildman–Crippen LogP) is 4.40. The van der Waals surface area contributed by atoms with Crippen LogP contribution in [0.5, 0.6) is 0 Å². The summed E-state index contributed by atoms with van der Waals surface area (Å²) in [5.41, 5.74) is 2.26. The maximum atomic E-state index is 10.0. The van der Waals surface area contributed by atoms with Crippen LogP contribution in [-0.2, 0) is 6.42 Å². The Morgan fingerprint density at radius 3 is 2.28 bits per heavy atom. The van der Waals surface area contributed by atoms with Gasteiger partial charge in [0, 0.05) is 5.02 Å². The van der Waals surface area contributed by atoms with Crippen LogP contribution in [0, 0.1) is 0 Å². The monoisotopic (exact) mass is 260 g/mol. The summed E-state index contributed by atoms with van der Waals surface area (Å²) in [6.07, 6.45) is 2.36. The van der Waals surface area contributed by atoms with E-state index in [9.17, 15) is 5.11 Å². The fraction of sp³-hybridized carbons (Fsp3) is 0.250. The maximum Gasteiger partial charge on any atom is 0.0790 e. The molecule has 0 aliphatic rings. The fourth-order valence-electron chi connectivity index (χ4n) is 2.00. The first-order valence-corrected chi connectivity index (χ1v) is 6.61. The van der Waals surface area contributed by atoms with Crippen LogP contribution in [-0.4, -0.2) is 5.11 Å². The molecule has 94 valence electrons. The maximum absolute atomic E-state index is 10.0. The third-order valence-corrected chi connectivity index (χ3v) is 3.29. The molecule has 0 spiro atoms. The fourth-order valence-corrected chi connectivity index (χ4v) is 2.12. The van der Waals surface area contributed by atoms with E-state index >= 15 is 0 Å². The van der Waals surface area contributed by atoms with E-state index in [0.29, 0.717) is 5.02 Å². The lowest BCUT2D eigenvalue weighted by atomic mass is 10.0. The van der Waals surface area contributed by atoms with E-state index in [1.54, 1.807) is 0 Å². The topological polar surface area (TPSA) is 20.2 Å². The number of aryl methyl sites for hydroxylation is 1. The first kappa shape index (κ1) is 13.1. The van der Waals surface area contributed by atoms with E-state index in [0.717, 1.165) is 24.8 Å². The van der Waals surface area contributed by atoms with Crippen molar-refractivity contribution in [3.8, 4) is 0 Å². The summed E-state index contributed by atoms with van der Waals surface area (Å²) in [6.45, 7) is 0. The van der Waals surface area contributed by atoms with Crippen molar-refractivity contribution in [2.24, 2.45) is 0 Å². The summed E-state index contributed by atoms with van der Waals surface area (Å²) < 4.78 is 0. The second-order valence-corrected chi connectivity index (χ2v) is 4.88. The summed E-state index contributed by atoms with van der Waals surface area (Å²) in [5.74, 6) is 0. The zero-order chi connectivity index (χ0) is 12.8. The van der Waals surface area contributed by atoms with E-state index in [4.69, 9.17) is 11.6 Å². The molecule has 0 aliphatic heterocycles. The zero-order valence-electron chi connectivity index (χ0n) is 10.2. The zero-order valence-corrected chi connectivity index (χ0v) is 11.0. The minimum atomic E-state index is -0.397. The summed E-state index contributed by atoms with van der Waals surface area (Å²) in [4.78, 5) is 0. The molecular weight excluding hydrogens is 244 g/mol. The molecule has 0 saturated carbocycles. The molecule has 1 N–H and O–H groups in total. The molecule has 2 heteroatoms. The predicted molar refractivity (Wildman–Crippen MR) is 75.8 cm³/mol. The van der Waals surface area contributed by atoms with Crippen molar-refractivity contribution in [3.05, 3.63) is 70.7 Å². The van der Waals surface area contributed by atoms with E-state index in [-0.39, 0.29) is 0 Å². The van der Waals surface area contributed by atoms with Crippen molar-refractivity contribution in [1.82, 2.24) is 0 Å². The highest BCUT2D eigenvalue weighted by molar-refractivity contribution is 6.30. The van der Waals surface area contributed by atoms with Crippen LogP contribution in [0.4, 0.5) is 0 Å². The molecule has 0 unspecified atom stereocenters. The van der Waals surface area contributed by atoms with Gasteiger partial charge >= 0.3 is 0 Å². The number of halogens is 1. The quantitative estimate of drug-likeness (QED) is 0.845. The van der Waals surface area contributed by atoms with Gasteiger partial charge < -0.3 is 5.11 Å². The summed E-state index contributed by atoms with van der Waals surface area (Å²) in [5, 5.41) is 10.8. The first-order chi connectivity index (χ1) is 8.75. The van der Waals surface area contributed by atoms with Gasteiger partial charge in [0.1, 0.15) is 0 Å². The second-order valence-electron chi connectivity index (χ2n) is 4.45. The summed E-state index contributed by atoms with van der Waals surface area (Å²) in [7, 11) is 0. The Bertz CT molecular complexity index is 464. The molecule has 0 amide bonds. The SMILES string of the molecule is O[C@H](CCCc1ccccc1)c1ccc(Cl)cc1. The molecule has 0 saturated heterocycles. The average molecular weight is 261 g/mol. The van der Waals surface area contributed by atoms with E-state index < -0.39 is 6.10 Å². The lowest BCUT2D eigenvalue weighted by molar-refractivity contribution is 0.164. The largest absolute Gasteiger partial charge is 0.388 e. The second kappa shape index (κ2) is 6.58. The molecule has 2 rings (SSSR count). The molecule has 1 nitrogen and oxygen atoms in total. The highest BCUT2D eigenvalue weighted by Gasteiger charge is 2.06.